The smallest absolute Gasteiger partial charge is 0.315 e. The van der Waals surface area contributed by atoms with Crippen LogP contribution in [0.15, 0.2) is 12.5 Å². The number of aliphatic carboxylic acids is 1. The zero-order valence-corrected chi connectivity index (χ0v) is 12.0. The average molecular weight is 294 g/mol. The van der Waals surface area contributed by atoms with Crippen molar-refractivity contribution in [2.45, 2.75) is 45.1 Å². The van der Waals surface area contributed by atoms with Gasteiger partial charge in [-0.15, -0.1) is 0 Å². The molecule has 21 heavy (non-hydrogen) atoms. The van der Waals surface area contributed by atoms with Crippen molar-refractivity contribution >= 4 is 12.0 Å². The van der Waals surface area contributed by atoms with Gasteiger partial charge in [-0.25, -0.2) is 9.78 Å². The Morgan fingerprint density at radius 2 is 1.95 bits per heavy atom. The molecular formula is C14H22N4O3. The quantitative estimate of drug-likeness (QED) is 0.619. The van der Waals surface area contributed by atoms with Crippen LogP contribution in [0.1, 0.15) is 44.2 Å². The third-order valence-corrected chi connectivity index (χ3v) is 4.10. The molecule has 1 saturated carbocycles. The van der Waals surface area contributed by atoms with Crippen molar-refractivity contribution in [1.82, 2.24) is 20.6 Å². The molecular weight excluding hydrogens is 272 g/mol. The van der Waals surface area contributed by atoms with E-state index in [0.717, 1.165) is 31.4 Å². The maximum absolute atomic E-state index is 11.8. The van der Waals surface area contributed by atoms with Crippen LogP contribution < -0.4 is 10.6 Å². The molecule has 1 aliphatic rings. The van der Waals surface area contributed by atoms with E-state index < -0.39 is 11.4 Å². The molecule has 0 radical (unpaired) electrons. The van der Waals surface area contributed by atoms with Gasteiger partial charge in [0.15, 0.2) is 0 Å². The monoisotopic (exact) mass is 294 g/mol. The van der Waals surface area contributed by atoms with Crippen LogP contribution in [0.4, 0.5) is 4.79 Å². The number of rotatable bonds is 5. The van der Waals surface area contributed by atoms with Crippen molar-refractivity contribution in [3.05, 3.63) is 18.2 Å². The van der Waals surface area contributed by atoms with Crippen LogP contribution in [-0.2, 0) is 11.3 Å². The lowest BCUT2D eigenvalue weighted by Gasteiger charge is -2.28. The van der Waals surface area contributed by atoms with E-state index in [4.69, 9.17) is 0 Å². The molecule has 4 N–H and O–H groups in total. The van der Waals surface area contributed by atoms with Gasteiger partial charge in [0.25, 0.3) is 0 Å². The van der Waals surface area contributed by atoms with Gasteiger partial charge in [-0.05, 0) is 12.8 Å². The number of aromatic amines is 1. The molecule has 7 heteroatoms. The molecule has 0 aromatic carbocycles. The Balaban J connectivity index is 1.83. The third kappa shape index (κ3) is 4.21. The number of nitrogens with one attached hydrogen (secondary N) is 3. The zero-order chi connectivity index (χ0) is 15.1. The lowest BCUT2D eigenvalue weighted by molar-refractivity contribution is -0.149. The molecule has 7 nitrogen and oxygen atoms in total. The van der Waals surface area contributed by atoms with Crippen LogP contribution in [0.25, 0.3) is 0 Å². The maximum Gasteiger partial charge on any atom is 0.315 e. The van der Waals surface area contributed by atoms with E-state index in [1.165, 1.54) is 0 Å². The minimum Gasteiger partial charge on any atom is -0.481 e. The molecule has 1 heterocycles. The van der Waals surface area contributed by atoms with Crippen LogP contribution in [0, 0.1) is 5.41 Å². The molecule has 1 aromatic heterocycles. The standard InChI is InChI=1S/C14H22N4O3/c19-12(20)14(5-3-1-2-4-6-14)9-17-13(21)16-8-11-7-15-10-18-11/h7,10H,1-6,8-9H2,(H,15,18)(H,19,20)(H2,16,17,21). The minimum absolute atomic E-state index is 0.178. The highest BCUT2D eigenvalue weighted by Crippen LogP contribution is 2.34. The van der Waals surface area contributed by atoms with Gasteiger partial charge < -0.3 is 20.7 Å². The maximum atomic E-state index is 11.8. The van der Waals surface area contributed by atoms with Gasteiger partial charge in [-0.3, -0.25) is 4.79 Å². The van der Waals surface area contributed by atoms with Gasteiger partial charge in [-0.2, -0.15) is 0 Å². The number of imidazole rings is 1. The van der Waals surface area contributed by atoms with Crippen LogP contribution in [-0.4, -0.2) is 33.6 Å². The second-order valence-corrected chi connectivity index (χ2v) is 5.61. The molecule has 0 spiro atoms. The van der Waals surface area contributed by atoms with E-state index in [1.54, 1.807) is 12.5 Å². The molecule has 0 unspecified atom stereocenters. The number of amides is 2. The molecule has 1 aromatic rings. The first-order chi connectivity index (χ1) is 10.1. The molecule has 0 bridgehead atoms. The first-order valence-corrected chi connectivity index (χ1v) is 7.35. The summed E-state index contributed by atoms with van der Waals surface area (Å²) < 4.78 is 0. The molecule has 2 amide bonds. The van der Waals surface area contributed by atoms with Crippen LogP contribution in [0.5, 0.6) is 0 Å². The number of H-pyrrole nitrogens is 1. The fraction of sp³-hybridized carbons (Fsp3) is 0.643. The Bertz CT molecular complexity index is 465. The number of hydrogen-bond acceptors (Lipinski definition) is 3. The van der Waals surface area contributed by atoms with Crippen molar-refractivity contribution in [2.75, 3.05) is 6.54 Å². The Hall–Kier alpha value is -2.05. The number of urea groups is 1. The van der Waals surface area contributed by atoms with Gasteiger partial charge in [0.1, 0.15) is 0 Å². The van der Waals surface area contributed by atoms with Gasteiger partial charge in [0, 0.05) is 12.7 Å². The number of carboxylic acid groups (broad SMARTS) is 1. The number of carboxylic acids is 1. The average Bonchev–Trinajstić information content (AvgIpc) is 2.87. The van der Waals surface area contributed by atoms with Crippen molar-refractivity contribution in [1.29, 1.82) is 0 Å². The summed E-state index contributed by atoms with van der Waals surface area (Å²) in [6.07, 6.45) is 8.38. The number of hydrogen-bond donors (Lipinski definition) is 4. The first-order valence-electron chi connectivity index (χ1n) is 7.35. The Kier molecular flexibility index (Phi) is 5.19. The SMILES string of the molecule is O=C(NCc1cnc[nH]1)NCC1(C(=O)O)CCCCCC1. The van der Waals surface area contributed by atoms with Gasteiger partial charge in [0.05, 0.1) is 24.0 Å². The number of carbonyl (C=O) groups is 2. The van der Waals surface area contributed by atoms with Crippen molar-refractivity contribution in [3.63, 3.8) is 0 Å². The van der Waals surface area contributed by atoms with Crippen molar-refractivity contribution < 1.29 is 14.7 Å². The predicted octanol–water partition coefficient (Wildman–Crippen LogP) is 1.63. The molecule has 2 rings (SSSR count). The van der Waals surface area contributed by atoms with E-state index >= 15 is 0 Å². The largest absolute Gasteiger partial charge is 0.481 e. The van der Waals surface area contributed by atoms with Crippen LogP contribution in [0.2, 0.25) is 0 Å². The fourth-order valence-electron chi connectivity index (χ4n) is 2.74. The normalized spacial score (nSPS) is 17.7. The summed E-state index contributed by atoms with van der Waals surface area (Å²) in [4.78, 5) is 30.1. The van der Waals surface area contributed by atoms with Gasteiger partial charge >= 0.3 is 12.0 Å². The summed E-state index contributed by atoms with van der Waals surface area (Å²) in [6.45, 7) is 0.517. The summed E-state index contributed by atoms with van der Waals surface area (Å²) >= 11 is 0. The minimum atomic E-state index is -0.818. The van der Waals surface area contributed by atoms with Gasteiger partial charge in [0.2, 0.25) is 0 Å². The highest BCUT2D eigenvalue weighted by Gasteiger charge is 2.38. The number of aromatic nitrogens is 2. The second-order valence-electron chi connectivity index (χ2n) is 5.61. The molecule has 1 aliphatic carbocycles. The van der Waals surface area contributed by atoms with E-state index in [-0.39, 0.29) is 12.6 Å². The van der Waals surface area contributed by atoms with E-state index in [0.29, 0.717) is 19.4 Å². The van der Waals surface area contributed by atoms with Crippen LogP contribution >= 0.6 is 0 Å². The van der Waals surface area contributed by atoms with E-state index in [2.05, 4.69) is 20.6 Å². The van der Waals surface area contributed by atoms with E-state index in [1.807, 2.05) is 0 Å². The highest BCUT2D eigenvalue weighted by molar-refractivity contribution is 5.78. The molecule has 1 fully saturated rings. The third-order valence-electron chi connectivity index (χ3n) is 4.10. The van der Waals surface area contributed by atoms with Crippen molar-refractivity contribution in [3.8, 4) is 0 Å². The molecule has 0 atom stereocenters. The van der Waals surface area contributed by atoms with Crippen LogP contribution in [0.3, 0.4) is 0 Å². The highest BCUT2D eigenvalue weighted by atomic mass is 16.4. The summed E-state index contributed by atoms with van der Waals surface area (Å²) in [6, 6.07) is -0.352. The predicted molar refractivity (Wildman–Crippen MR) is 76.6 cm³/mol. The molecule has 0 saturated heterocycles. The van der Waals surface area contributed by atoms with E-state index in [9.17, 15) is 14.7 Å². The molecule has 0 aliphatic heterocycles. The Morgan fingerprint density at radius 3 is 2.52 bits per heavy atom. The Morgan fingerprint density at radius 1 is 1.24 bits per heavy atom. The fourth-order valence-corrected chi connectivity index (χ4v) is 2.74. The second kappa shape index (κ2) is 7.10. The lowest BCUT2D eigenvalue weighted by atomic mass is 9.80. The Labute approximate surface area is 123 Å². The lowest BCUT2D eigenvalue weighted by Crippen LogP contribution is -2.46. The number of nitrogens with zero attached hydrogens (tertiary/aromatic N) is 1. The topological polar surface area (TPSA) is 107 Å². The zero-order valence-electron chi connectivity index (χ0n) is 12.0. The summed E-state index contributed by atoms with van der Waals surface area (Å²) in [5, 5.41) is 14.9. The summed E-state index contributed by atoms with van der Waals surface area (Å²) in [5.41, 5.74) is -0.0190. The van der Waals surface area contributed by atoms with Gasteiger partial charge in [-0.1, -0.05) is 25.7 Å². The molecule has 116 valence electrons. The summed E-state index contributed by atoms with van der Waals surface area (Å²) in [7, 11) is 0. The first kappa shape index (κ1) is 15.3. The summed E-state index contributed by atoms with van der Waals surface area (Å²) in [5.74, 6) is -0.807. The van der Waals surface area contributed by atoms with Crippen molar-refractivity contribution in [2.24, 2.45) is 5.41 Å². The number of carbonyl (C=O) groups excluding carboxylic acids is 1.